The first-order valence-corrected chi connectivity index (χ1v) is 5.30. The Kier molecular flexibility index (Phi) is 3.59. The number of rotatable bonds is 6. The van der Waals surface area contributed by atoms with Gasteiger partial charge in [-0.25, -0.2) is 0 Å². The lowest BCUT2D eigenvalue weighted by molar-refractivity contribution is 0.102. The van der Waals surface area contributed by atoms with Crippen molar-refractivity contribution in [2.75, 3.05) is 19.8 Å². The van der Waals surface area contributed by atoms with Crippen LogP contribution in [0, 0.1) is 0 Å². The molecular formula is C12H16O3. The molecule has 1 saturated heterocycles. The van der Waals surface area contributed by atoms with E-state index in [-0.39, 0.29) is 0 Å². The third-order valence-corrected chi connectivity index (χ3v) is 2.24. The zero-order valence-corrected chi connectivity index (χ0v) is 8.94. The van der Waals surface area contributed by atoms with Gasteiger partial charge in [0.05, 0.1) is 26.4 Å². The summed E-state index contributed by atoms with van der Waals surface area (Å²) >= 11 is 0. The summed E-state index contributed by atoms with van der Waals surface area (Å²) in [5, 5.41) is 0. The highest BCUT2D eigenvalue weighted by molar-refractivity contribution is 5.32. The van der Waals surface area contributed by atoms with Gasteiger partial charge in [-0.1, -0.05) is 18.2 Å². The fourth-order valence-corrected chi connectivity index (χ4v) is 1.38. The molecule has 0 saturated carbocycles. The van der Waals surface area contributed by atoms with E-state index in [0.29, 0.717) is 25.9 Å². The lowest BCUT2D eigenvalue weighted by Crippen LogP contribution is -2.03. The number of epoxide rings is 1. The molecule has 0 aliphatic carbocycles. The van der Waals surface area contributed by atoms with Crippen molar-refractivity contribution in [2.24, 2.45) is 0 Å². The molecule has 0 amide bonds. The van der Waals surface area contributed by atoms with E-state index in [1.165, 1.54) is 0 Å². The number of hydrogen-bond donors (Lipinski definition) is 0. The molecule has 2 rings (SSSR count). The van der Waals surface area contributed by atoms with E-state index in [0.717, 1.165) is 17.9 Å². The molecule has 0 unspecified atom stereocenters. The van der Waals surface area contributed by atoms with Crippen molar-refractivity contribution in [3.63, 3.8) is 0 Å². The fourth-order valence-electron chi connectivity index (χ4n) is 1.38. The van der Waals surface area contributed by atoms with Crippen LogP contribution < -0.4 is 4.74 Å². The Morgan fingerprint density at radius 1 is 1.40 bits per heavy atom. The van der Waals surface area contributed by atoms with Gasteiger partial charge >= 0.3 is 0 Å². The van der Waals surface area contributed by atoms with E-state index in [1.807, 2.05) is 31.2 Å². The van der Waals surface area contributed by atoms with Crippen LogP contribution in [0.4, 0.5) is 0 Å². The first kappa shape index (κ1) is 10.5. The molecule has 0 N–H and O–H groups in total. The summed E-state index contributed by atoms with van der Waals surface area (Å²) in [6.45, 7) is 4.78. The topological polar surface area (TPSA) is 31.0 Å². The van der Waals surface area contributed by atoms with Crippen molar-refractivity contribution in [2.45, 2.75) is 19.6 Å². The normalized spacial score (nSPS) is 18.9. The van der Waals surface area contributed by atoms with Gasteiger partial charge in [0, 0.05) is 5.56 Å². The SMILES string of the molecule is CCOc1ccccc1COC[C@H]1CO1. The molecule has 0 bridgehead atoms. The lowest BCUT2D eigenvalue weighted by Gasteiger charge is -2.09. The first-order valence-electron chi connectivity index (χ1n) is 5.30. The zero-order valence-electron chi connectivity index (χ0n) is 8.94. The minimum atomic E-state index is 0.323. The van der Waals surface area contributed by atoms with Crippen LogP contribution in [-0.4, -0.2) is 25.9 Å². The van der Waals surface area contributed by atoms with Gasteiger partial charge in [-0.2, -0.15) is 0 Å². The monoisotopic (exact) mass is 208 g/mol. The summed E-state index contributed by atoms with van der Waals surface area (Å²) in [6.07, 6.45) is 0.323. The third-order valence-electron chi connectivity index (χ3n) is 2.24. The Hall–Kier alpha value is -1.06. The smallest absolute Gasteiger partial charge is 0.124 e. The van der Waals surface area contributed by atoms with Gasteiger partial charge in [0.2, 0.25) is 0 Å². The molecule has 1 fully saturated rings. The average molecular weight is 208 g/mol. The number of hydrogen-bond acceptors (Lipinski definition) is 3. The van der Waals surface area contributed by atoms with Crippen LogP contribution in [-0.2, 0) is 16.1 Å². The van der Waals surface area contributed by atoms with E-state index >= 15 is 0 Å². The second-order valence-corrected chi connectivity index (χ2v) is 3.51. The maximum absolute atomic E-state index is 5.53. The molecule has 15 heavy (non-hydrogen) atoms. The van der Waals surface area contributed by atoms with Crippen molar-refractivity contribution in [3.05, 3.63) is 29.8 Å². The Bertz CT molecular complexity index is 307. The number of para-hydroxylation sites is 1. The van der Waals surface area contributed by atoms with E-state index in [2.05, 4.69) is 0 Å². The minimum absolute atomic E-state index is 0.323. The van der Waals surface area contributed by atoms with Crippen LogP contribution in [0.2, 0.25) is 0 Å². The van der Waals surface area contributed by atoms with Crippen molar-refractivity contribution in [1.82, 2.24) is 0 Å². The molecule has 1 heterocycles. The minimum Gasteiger partial charge on any atom is -0.494 e. The van der Waals surface area contributed by atoms with Gasteiger partial charge in [0.1, 0.15) is 11.9 Å². The van der Waals surface area contributed by atoms with Gasteiger partial charge in [0.15, 0.2) is 0 Å². The molecule has 0 radical (unpaired) electrons. The Morgan fingerprint density at radius 2 is 2.20 bits per heavy atom. The van der Waals surface area contributed by atoms with Crippen molar-refractivity contribution in [3.8, 4) is 5.75 Å². The van der Waals surface area contributed by atoms with Crippen molar-refractivity contribution >= 4 is 0 Å². The summed E-state index contributed by atoms with van der Waals surface area (Å²) < 4.78 is 16.1. The van der Waals surface area contributed by atoms with Crippen molar-refractivity contribution in [1.29, 1.82) is 0 Å². The molecule has 1 aliphatic heterocycles. The molecule has 1 aromatic carbocycles. The maximum Gasteiger partial charge on any atom is 0.124 e. The molecule has 0 spiro atoms. The molecular weight excluding hydrogens is 192 g/mol. The van der Waals surface area contributed by atoms with E-state index in [9.17, 15) is 0 Å². The van der Waals surface area contributed by atoms with Gasteiger partial charge in [-0.3, -0.25) is 0 Å². The second kappa shape index (κ2) is 5.14. The molecule has 0 aromatic heterocycles. The highest BCUT2D eigenvalue weighted by Gasteiger charge is 2.22. The van der Waals surface area contributed by atoms with Crippen LogP contribution in [0.25, 0.3) is 0 Å². The Labute approximate surface area is 90.0 Å². The highest BCUT2D eigenvalue weighted by atomic mass is 16.6. The van der Waals surface area contributed by atoms with Gasteiger partial charge < -0.3 is 14.2 Å². The molecule has 1 atom stereocenters. The van der Waals surface area contributed by atoms with Crippen LogP contribution in [0.3, 0.4) is 0 Å². The first-order chi connectivity index (χ1) is 7.40. The summed E-state index contributed by atoms with van der Waals surface area (Å²) in [4.78, 5) is 0. The average Bonchev–Trinajstić information content (AvgIpc) is 3.05. The van der Waals surface area contributed by atoms with E-state index in [1.54, 1.807) is 0 Å². The third kappa shape index (κ3) is 3.22. The van der Waals surface area contributed by atoms with Crippen molar-refractivity contribution < 1.29 is 14.2 Å². The molecule has 1 aromatic rings. The summed E-state index contributed by atoms with van der Waals surface area (Å²) in [6, 6.07) is 7.96. The largest absolute Gasteiger partial charge is 0.494 e. The molecule has 3 nitrogen and oxygen atoms in total. The summed E-state index contributed by atoms with van der Waals surface area (Å²) in [5.74, 6) is 0.914. The van der Waals surface area contributed by atoms with Gasteiger partial charge in [-0.15, -0.1) is 0 Å². The Balaban J connectivity index is 1.86. The Morgan fingerprint density at radius 3 is 2.93 bits per heavy atom. The maximum atomic E-state index is 5.53. The van der Waals surface area contributed by atoms with E-state index < -0.39 is 0 Å². The van der Waals surface area contributed by atoms with Crippen LogP contribution >= 0.6 is 0 Å². The molecule has 3 heteroatoms. The van der Waals surface area contributed by atoms with Crippen LogP contribution in [0.15, 0.2) is 24.3 Å². The van der Waals surface area contributed by atoms with Crippen LogP contribution in [0.1, 0.15) is 12.5 Å². The summed E-state index contributed by atoms with van der Waals surface area (Å²) in [5.41, 5.74) is 1.10. The predicted octanol–water partition coefficient (Wildman–Crippen LogP) is 2.00. The number of benzene rings is 1. The van der Waals surface area contributed by atoms with Gasteiger partial charge in [0.25, 0.3) is 0 Å². The molecule has 1 aliphatic rings. The van der Waals surface area contributed by atoms with Crippen LogP contribution in [0.5, 0.6) is 5.75 Å². The summed E-state index contributed by atoms with van der Waals surface area (Å²) in [7, 11) is 0. The standard InChI is InChI=1S/C12H16O3/c1-2-14-12-6-4-3-5-10(12)7-13-8-11-9-15-11/h3-6,11H,2,7-9H2,1H3/t11-/m0/s1. The number of ether oxygens (including phenoxy) is 3. The lowest BCUT2D eigenvalue weighted by atomic mass is 10.2. The highest BCUT2D eigenvalue weighted by Crippen LogP contribution is 2.19. The quantitative estimate of drug-likeness (QED) is 0.670. The second-order valence-electron chi connectivity index (χ2n) is 3.51. The predicted molar refractivity (Wildman–Crippen MR) is 57.0 cm³/mol. The van der Waals surface area contributed by atoms with E-state index in [4.69, 9.17) is 14.2 Å². The fraction of sp³-hybridized carbons (Fsp3) is 0.500. The zero-order chi connectivity index (χ0) is 10.5. The molecule has 82 valence electrons. The van der Waals surface area contributed by atoms with Gasteiger partial charge in [-0.05, 0) is 13.0 Å².